The highest BCUT2D eigenvalue weighted by molar-refractivity contribution is 5.90. The molecule has 6 heteroatoms. The molecule has 0 amide bonds. The minimum atomic E-state index is 0.369. The molecular weight excluding hydrogens is 374 g/mol. The van der Waals surface area contributed by atoms with Gasteiger partial charge in [-0.1, -0.05) is 29.8 Å². The van der Waals surface area contributed by atoms with E-state index in [1.807, 2.05) is 43.3 Å². The molecule has 1 aromatic heterocycles. The minimum absolute atomic E-state index is 0.369. The van der Waals surface area contributed by atoms with Gasteiger partial charge in [0.15, 0.2) is 0 Å². The number of aryl methyl sites for hydroxylation is 1. The number of aromatic hydroxyl groups is 1. The Morgan fingerprint density at radius 1 is 1.00 bits per heavy atom. The molecule has 1 fully saturated rings. The summed E-state index contributed by atoms with van der Waals surface area (Å²) in [5, 5.41) is 18.3. The number of nitrogens with zero attached hydrogens (tertiary/aromatic N) is 3. The molecule has 0 atom stereocenters. The van der Waals surface area contributed by atoms with Crippen molar-refractivity contribution < 1.29 is 5.11 Å². The molecule has 2 aromatic carbocycles. The van der Waals surface area contributed by atoms with E-state index in [9.17, 15) is 5.11 Å². The van der Waals surface area contributed by atoms with Crippen LogP contribution in [0.25, 0.3) is 10.9 Å². The maximum absolute atomic E-state index is 10.0. The van der Waals surface area contributed by atoms with Crippen LogP contribution < -0.4 is 15.5 Å². The van der Waals surface area contributed by atoms with Crippen molar-refractivity contribution in [3.8, 4) is 5.75 Å². The number of hydrogen-bond donors (Lipinski definition) is 3. The number of para-hydroxylation sites is 1. The quantitative estimate of drug-likeness (QED) is 0.570. The van der Waals surface area contributed by atoms with E-state index >= 15 is 0 Å². The molecule has 0 aliphatic heterocycles. The summed E-state index contributed by atoms with van der Waals surface area (Å²) in [6.45, 7) is 2.76. The van der Waals surface area contributed by atoms with Gasteiger partial charge in [-0.05, 0) is 50.8 Å². The Hall–Kier alpha value is -2.86. The monoisotopic (exact) mass is 405 g/mol. The van der Waals surface area contributed by atoms with E-state index in [1.165, 1.54) is 5.56 Å². The summed E-state index contributed by atoms with van der Waals surface area (Å²) in [6.07, 6.45) is 4.34. The molecule has 3 aromatic rings. The lowest BCUT2D eigenvalue weighted by molar-refractivity contribution is 0.349. The summed E-state index contributed by atoms with van der Waals surface area (Å²) in [5.41, 5.74) is 3.10. The molecule has 0 bridgehead atoms. The lowest BCUT2D eigenvalue weighted by atomic mass is 9.91. The van der Waals surface area contributed by atoms with Crippen molar-refractivity contribution in [2.75, 3.05) is 24.3 Å². The first-order chi connectivity index (χ1) is 14.5. The molecule has 0 unspecified atom stereocenters. The Morgan fingerprint density at radius 2 is 1.73 bits per heavy atom. The Kier molecular flexibility index (Phi) is 6.04. The number of phenolic OH excluding ortho intramolecular Hbond substituents is 1. The molecule has 30 heavy (non-hydrogen) atoms. The van der Waals surface area contributed by atoms with Gasteiger partial charge in [-0.3, -0.25) is 0 Å². The largest absolute Gasteiger partial charge is 0.508 e. The van der Waals surface area contributed by atoms with Crippen LogP contribution in [0.2, 0.25) is 0 Å². The second-order valence-electron chi connectivity index (χ2n) is 8.49. The number of hydrogen-bond acceptors (Lipinski definition) is 6. The van der Waals surface area contributed by atoms with Crippen LogP contribution in [0.3, 0.4) is 0 Å². The first kappa shape index (κ1) is 20.4. The van der Waals surface area contributed by atoms with Gasteiger partial charge in [-0.25, -0.2) is 4.98 Å². The number of nitrogens with one attached hydrogen (secondary N) is 2. The summed E-state index contributed by atoms with van der Waals surface area (Å²) in [5.74, 6) is 2.02. The molecule has 6 nitrogen and oxygen atoms in total. The van der Waals surface area contributed by atoms with Crippen LogP contribution in [0.4, 0.5) is 11.8 Å². The number of fused-ring (bicyclic) bond motifs is 1. The lowest BCUT2D eigenvalue weighted by Gasteiger charge is -2.30. The summed E-state index contributed by atoms with van der Waals surface area (Å²) < 4.78 is 0. The number of phenols is 1. The van der Waals surface area contributed by atoms with E-state index in [1.54, 1.807) is 6.07 Å². The van der Waals surface area contributed by atoms with Crippen LogP contribution in [-0.4, -0.2) is 41.3 Å². The van der Waals surface area contributed by atoms with Gasteiger partial charge < -0.3 is 20.6 Å². The molecule has 0 spiro atoms. The van der Waals surface area contributed by atoms with Gasteiger partial charge in [-0.2, -0.15) is 4.98 Å². The SMILES string of the molecule is Cc1ccc(O)c(CN[C@H]2CC[C@@H](Nc3nc(N(C)C)c4ccccc4n3)CC2)c1. The van der Waals surface area contributed by atoms with Gasteiger partial charge in [0.05, 0.1) is 5.52 Å². The van der Waals surface area contributed by atoms with Crippen LogP contribution >= 0.6 is 0 Å². The summed E-state index contributed by atoms with van der Waals surface area (Å²) in [6, 6.07) is 14.8. The van der Waals surface area contributed by atoms with Gasteiger partial charge in [0, 0.05) is 43.7 Å². The predicted octanol–water partition coefficient (Wildman–Crippen LogP) is 4.22. The average Bonchev–Trinajstić information content (AvgIpc) is 2.74. The summed E-state index contributed by atoms with van der Waals surface area (Å²) in [7, 11) is 4.03. The van der Waals surface area contributed by atoms with E-state index in [0.717, 1.165) is 48.0 Å². The van der Waals surface area contributed by atoms with E-state index in [-0.39, 0.29) is 0 Å². The van der Waals surface area contributed by atoms with Gasteiger partial charge in [0.1, 0.15) is 11.6 Å². The first-order valence-corrected chi connectivity index (χ1v) is 10.7. The zero-order valence-corrected chi connectivity index (χ0v) is 18.0. The zero-order valence-electron chi connectivity index (χ0n) is 18.0. The standard InChI is InChI=1S/C24H31N5O/c1-16-8-13-22(30)17(14-16)15-25-18-9-11-19(12-10-18)26-24-27-21-7-5-4-6-20(21)23(28-24)29(2)3/h4-8,13-14,18-19,25,30H,9-12,15H2,1-3H3,(H,26,27,28)/t18-,19+. The zero-order chi connectivity index (χ0) is 21.1. The fourth-order valence-corrected chi connectivity index (χ4v) is 4.20. The lowest BCUT2D eigenvalue weighted by Crippen LogP contribution is -2.37. The topological polar surface area (TPSA) is 73.3 Å². The van der Waals surface area contributed by atoms with Crippen molar-refractivity contribution in [1.29, 1.82) is 0 Å². The number of anilines is 2. The third kappa shape index (κ3) is 4.65. The highest BCUT2D eigenvalue weighted by Crippen LogP contribution is 2.27. The third-order valence-electron chi connectivity index (χ3n) is 5.88. The molecular formula is C24H31N5O. The molecule has 4 rings (SSSR count). The van der Waals surface area contributed by atoms with E-state index in [2.05, 4.69) is 29.7 Å². The molecule has 1 aliphatic rings. The summed E-state index contributed by atoms with van der Waals surface area (Å²) >= 11 is 0. The van der Waals surface area contributed by atoms with Crippen molar-refractivity contribution >= 4 is 22.7 Å². The predicted molar refractivity (Wildman–Crippen MR) is 123 cm³/mol. The Bertz CT molecular complexity index is 1010. The molecule has 1 saturated carbocycles. The van der Waals surface area contributed by atoms with E-state index < -0.39 is 0 Å². The van der Waals surface area contributed by atoms with Crippen LogP contribution in [0.1, 0.15) is 36.8 Å². The Labute approximate surface area is 178 Å². The van der Waals surface area contributed by atoms with Crippen molar-refractivity contribution in [2.24, 2.45) is 0 Å². The Morgan fingerprint density at radius 3 is 2.50 bits per heavy atom. The van der Waals surface area contributed by atoms with Crippen LogP contribution in [0, 0.1) is 6.92 Å². The maximum atomic E-state index is 10.0. The van der Waals surface area contributed by atoms with Gasteiger partial charge in [0.25, 0.3) is 0 Å². The molecule has 158 valence electrons. The molecule has 1 aliphatic carbocycles. The number of benzene rings is 2. The van der Waals surface area contributed by atoms with Gasteiger partial charge >= 0.3 is 0 Å². The van der Waals surface area contributed by atoms with Crippen LogP contribution in [0.5, 0.6) is 5.75 Å². The maximum Gasteiger partial charge on any atom is 0.225 e. The van der Waals surface area contributed by atoms with E-state index in [0.29, 0.717) is 30.3 Å². The van der Waals surface area contributed by atoms with Crippen molar-refractivity contribution in [3.05, 3.63) is 53.6 Å². The Balaban J connectivity index is 1.35. The number of aromatic nitrogens is 2. The smallest absolute Gasteiger partial charge is 0.225 e. The van der Waals surface area contributed by atoms with Crippen molar-refractivity contribution in [3.63, 3.8) is 0 Å². The molecule has 1 heterocycles. The molecule has 3 N–H and O–H groups in total. The van der Waals surface area contributed by atoms with Crippen LogP contribution in [0.15, 0.2) is 42.5 Å². The fraction of sp³-hybridized carbons (Fsp3) is 0.417. The average molecular weight is 406 g/mol. The highest BCUT2D eigenvalue weighted by Gasteiger charge is 2.22. The first-order valence-electron chi connectivity index (χ1n) is 10.7. The van der Waals surface area contributed by atoms with Gasteiger partial charge in [-0.15, -0.1) is 0 Å². The third-order valence-corrected chi connectivity index (χ3v) is 5.88. The normalized spacial score (nSPS) is 19.0. The minimum Gasteiger partial charge on any atom is -0.508 e. The highest BCUT2D eigenvalue weighted by atomic mass is 16.3. The van der Waals surface area contributed by atoms with Crippen LogP contribution in [-0.2, 0) is 6.54 Å². The van der Waals surface area contributed by atoms with Crippen molar-refractivity contribution in [1.82, 2.24) is 15.3 Å². The number of rotatable bonds is 6. The fourth-order valence-electron chi connectivity index (χ4n) is 4.20. The second kappa shape index (κ2) is 8.88. The van der Waals surface area contributed by atoms with Crippen molar-refractivity contribution in [2.45, 2.75) is 51.2 Å². The molecule has 0 radical (unpaired) electrons. The second-order valence-corrected chi connectivity index (χ2v) is 8.49. The van der Waals surface area contributed by atoms with E-state index in [4.69, 9.17) is 9.97 Å². The molecule has 0 saturated heterocycles. The summed E-state index contributed by atoms with van der Waals surface area (Å²) in [4.78, 5) is 11.5. The van der Waals surface area contributed by atoms with Gasteiger partial charge in [0.2, 0.25) is 5.95 Å².